The third kappa shape index (κ3) is 5.17. The van der Waals surface area contributed by atoms with Crippen LogP contribution in [0.1, 0.15) is 35.8 Å². The van der Waals surface area contributed by atoms with E-state index in [0.717, 1.165) is 12.1 Å². The van der Waals surface area contributed by atoms with Crippen LogP contribution in [0.2, 0.25) is 0 Å². The van der Waals surface area contributed by atoms with Gasteiger partial charge >= 0.3 is 11.9 Å². The fraction of sp³-hybridized carbons (Fsp3) is 0.364. The summed E-state index contributed by atoms with van der Waals surface area (Å²) in [6.45, 7) is 0. The Kier molecular flexibility index (Phi) is 6.43. The first kappa shape index (κ1) is 21.8. The molecule has 4 unspecified atom stereocenters. The fourth-order valence-electron chi connectivity index (χ4n) is 3.53. The van der Waals surface area contributed by atoms with Gasteiger partial charge in [0.25, 0.3) is 0 Å². The van der Waals surface area contributed by atoms with E-state index in [1.807, 2.05) is 0 Å². The second-order valence-electron chi connectivity index (χ2n) is 7.35. The Morgan fingerprint density at radius 2 is 0.967 bits per heavy atom. The Hall–Kier alpha value is -2.90. The Morgan fingerprint density at radius 3 is 1.23 bits per heavy atom. The van der Waals surface area contributed by atoms with Gasteiger partial charge in [-0.25, -0.2) is 17.6 Å². The molecule has 8 heteroatoms. The molecule has 30 heavy (non-hydrogen) atoms. The van der Waals surface area contributed by atoms with Crippen LogP contribution in [0.3, 0.4) is 0 Å². The summed E-state index contributed by atoms with van der Waals surface area (Å²) in [5.74, 6) is -3.74. The van der Waals surface area contributed by atoms with E-state index < -0.39 is 23.3 Å². The van der Waals surface area contributed by atoms with Crippen molar-refractivity contribution in [2.24, 2.45) is 11.8 Å². The minimum atomic E-state index is -0.611. The first-order chi connectivity index (χ1) is 14.2. The largest absolute Gasteiger partial charge is 0.469 e. The first-order valence-electron chi connectivity index (χ1n) is 9.31. The quantitative estimate of drug-likeness (QED) is 0.537. The number of methoxy groups -OCH3 is 2. The molecule has 0 spiro atoms. The lowest BCUT2D eigenvalue weighted by atomic mass is 10.1. The summed E-state index contributed by atoms with van der Waals surface area (Å²) in [6.07, 6.45) is 1.21. The van der Waals surface area contributed by atoms with Crippen molar-refractivity contribution in [3.63, 3.8) is 0 Å². The molecule has 0 bridgehead atoms. The average molecular weight is 424 g/mol. The molecular formula is C22H20F4O4. The molecule has 4 nitrogen and oxygen atoms in total. The Bertz CT molecular complexity index is 844. The van der Waals surface area contributed by atoms with Crippen molar-refractivity contribution in [2.45, 2.75) is 24.7 Å². The number of hydrogen-bond donors (Lipinski definition) is 0. The molecule has 0 N–H and O–H groups in total. The van der Waals surface area contributed by atoms with Gasteiger partial charge in [0.15, 0.2) is 0 Å². The Balaban J connectivity index is 0.000000171. The van der Waals surface area contributed by atoms with Crippen molar-refractivity contribution in [3.8, 4) is 0 Å². The monoisotopic (exact) mass is 424 g/mol. The van der Waals surface area contributed by atoms with Crippen LogP contribution in [-0.4, -0.2) is 26.2 Å². The molecule has 2 fully saturated rings. The molecule has 2 aliphatic carbocycles. The predicted molar refractivity (Wildman–Crippen MR) is 98.4 cm³/mol. The Morgan fingerprint density at radius 1 is 0.667 bits per heavy atom. The van der Waals surface area contributed by atoms with Crippen LogP contribution >= 0.6 is 0 Å². The van der Waals surface area contributed by atoms with E-state index in [9.17, 15) is 27.2 Å². The van der Waals surface area contributed by atoms with Crippen molar-refractivity contribution in [1.82, 2.24) is 0 Å². The summed E-state index contributed by atoms with van der Waals surface area (Å²) >= 11 is 0. The molecule has 2 saturated carbocycles. The molecule has 2 aromatic rings. The zero-order valence-electron chi connectivity index (χ0n) is 16.3. The molecule has 0 radical (unpaired) electrons. The van der Waals surface area contributed by atoms with Gasteiger partial charge in [0.05, 0.1) is 26.1 Å². The highest BCUT2D eigenvalue weighted by molar-refractivity contribution is 5.77. The predicted octanol–water partition coefficient (Wildman–Crippen LogP) is 4.48. The van der Waals surface area contributed by atoms with E-state index in [4.69, 9.17) is 0 Å². The maximum atomic E-state index is 12.9. The van der Waals surface area contributed by atoms with Crippen LogP contribution in [-0.2, 0) is 19.1 Å². The van der Waals surface area contributed by atoms with E-state index in [-0.39, 0.29) is 35.6 Å². The number of esters is 2. The highest BCUT2D eigenvalue weighted by Gasteiger charge is 2.46. The maximum absolute atomic E-state index is 12.9. The molecular weight excluding hydrogens is 404 g/mol. The number of hydrogen-bond acceptors (Lipinski definition) is 4. The number of halogens is 4. The van der Waals surface area contributed by atoms with Crippen LogP contribution in [0.25, 0.3) is 0 Å². The molecule has 4 rings (SSSR count). The van der Waals surface area contributed by atoms with Gasteiger partial charge in [-0.15, -0.1) is 0 Å². The Labute approximate surface area is 170 Å². The number of benzene rings is 2. The average Bonchev–Trinajstić information content (AvgIpc) is 3.59. The minimum Gasteiger partial charge on any atom is -0.469 e. The fourth-order valence-corrected chi connectivity index (χ4v) is 3.53. The van der Waals surface area contributed by atoms with Gasteiger partial charge in [-0.2, -0.15) is 0 Å². The third-order valence-electron chi connectivity index (χ3n) is 5.21. The number of carbonyl (C=O) groups is 2. The summed E-state index contributed by atoms with van der Waals surface area (Å²) in [5.41, 5.74) is 1.06. The lowest BCUT2D eigenvalue weighted by molar-refractivity contribution is -0.143. The molecule has 0 heterocycles. The zero-order chi connectivity index (χ0) is 22.0. The van der Waals surface area contributed by atoms with E-state index in [1.165, 1.54) is 38.5 Å². The van der Waals surface area contributed by atoms with Crippen LogP contribution in [0.5, 0.6) is 0 Å². The van der Waals surface area contributed by atoms with Gasteiger partial charge in [0.2, 0.25) is 0 Å². The molecule has 0 aromatic heterocycles. The van der Waals surface area contributed by atoms with Crippen LogP contribution in [0.15, 0.2) is 36.4 Å². The lowest BCUT2D eigenvalue weighted by Gasteiger charge is -2.00. The smallest absolute Gasteiger partial charge is 0.309 e. The van der Waals surface area contributed by atoms with Crippen LogP contribution in [0.4, 0.5) is 17.6 Å². The third-order valence-corrected chi connectivity index (χ3v) is 5.21. The number of ether oxygens (including phenoxy) is 2. The van der Waals surface area contributed by atoms with Gasteiger partial charge < -0.3 is 9.47 Å². The SMILES string of the molecule is COC(=O)C1CC1c1cc(F)cc(F)c1.COC(=O)C1CC1c1cc(F)cc(F)c1. The molecule has 2 aliphatic rings. The second kappa shape index (κ2) is 8.85. The number of rotatable bonds is 4. The van der Waals surface area contributed by atoms with E-state index in [2.05, 4.69) is 9.47 Å². The number of carbonyl (C=O) groups excluding carboxylic acids is 2. The molecule has 0 amide bonds. The molecule has 0 saturated heterocycles. The zero-order valence-corrected chi connectivity index (χ0v) is 16.3. The van der Waals surface area contributed by atoms with Gasteiger partial charge in [-0.1, -0.05) is 0 Å². The highest BCUT2D eigenvalue weighted by atomic mass is 19.1. The molecule has 4 atom stereocenters. The standard InChI is InChI=1S/2C11H10F2O2/c2*1-15-11(14)10-5-9(10)6-2-7(12)4-8(13)3-6/h2*2-4,9-10H,5H2,1H3. The lowest BCUT2D eigenvalue weighted by Crippen LogP contribution is -2.04. The summed E-state index contributed by atoms with van der Waals surface area (Å²) in [7, 11) is 2.62. The van der Waals surface area contributed by atoms with Crippen LogP contribution in [0, 0.1) is 35.1 Å². The van der Waals surface area contributed by atoms with Crippen LogP contribution < -0.4 is 0 Å². The molecule has 160 valence electrons. The van der Waals surface area contributed by atoms with Gasteiger partial charge in [0.1, 0.15) is 23.3 Å². The summed E-state index contributed by atoms with van der Waals surface area (Å²) in [6, 6.07) is 6.68. The van der Waals surface area contributed by atoms with Gasteiger partial charge in [-0.05, 0) is 60.1 Å². The highest BCUT2D eigenvalue weighted by Crippen LogP contribution is 2.49. The second-order valence-corrected chi connectivity index (χ2v) is 7.35. The summed E-state index contributed by atoms with van der Waals surface area (Å²) in [4.78, 5) is 22.2. The first-order valence-corrected chi connectivity index (χ1v) is 9.31. The minimum absolute atomic E-state index is 0.0948. The van der Waals surface area contributed by atoms with E-state index in [1.54, 1.807) is 0 Å². The topological polar surface area (TPSA) is 52.6 Å². The normalized spacial score (nSPS) is 23.7. The van der Waals surface area contributed by atoms with Crippen molar-refractivity contribution in [2.75, 3.05) is 14.2 Å². The van der Waals surface area contributed by atoms with Gasteiger partial charge in [0, 0.05) is 12.1 Å². The van der Waals surface area contributed by atoms with E-state index >= 15 is 0 Å². The molecule has 2 aromatic carbocycles. The van der Waals surface area contributed by atoms with Crippen molar-refractivity contribution in [1.29, 1.82) is 0 Å². The van der Waals surface area contributed by atoms with Crippen molar-refractivity contribution in [3.05, 3.63) is 70.8 Å². The van der Waals surface area contributed by atoms with Crippen molar-refractivity contribution < 1.29 is 36.6 Å². The summed E-state index contributed by atoms with van der Waals surface area (Å²) < 4.78 is 60.6. The molecule has 0 aliphatic heterocycles. The van der Waals surface area contributed by atoms with Crippen molar-refractivity contribution >= 4 is 11.9 Å². The van der Waals surface area contributed by atoms with E-state index in [0.29, 0.717) is 24.0 Å². The summed E-state index contributed by atoms with van der Waals surface area (Å²) in [5, 5.41) is 0. The van der Waals surface area contributed by atoms with Gasteiger partial charge in [-0.3, -0.25) is 9.59 Å². The maximum Gasteiger partial charge on any atom is 0.309 e.